The van der Waals surface area contributed by atoms with Gasteiger partial charge in [0.25, 0.3) is 0 Å². The summed E-state index contributed by atoms with van der Waals surface area (Å²) in [6, 6.07) is 14.8. The fraction of sp³-hybridized carbons (Fsp3) is 0.304. The molecule has 0 radical (unpaired) electrons. The quantitative estimate of drug-likeness (QED) is 0.463. The van der Waals surface area contributed by atoms with Crippen LogP contribution in [0.15, 0.2) is 60.7 Å². The number of hydrogen-bond donors (Lipinski definition) is 0. The summed E-state index contributed by atoms with van der Waals surface area (Å²) < 4.78 is 11.3. The summed E-state index contributed by atoms with van der Waals surface area (Å²) in [7, 11) is 0. The van der Waals surface area contributed by atoms with E-state index in [0.717, 1.165) is 17.5 Å². The fourth-order valence-electron chi connectivity index (χ4n) is 4.16. The van der Waals surface area contributed by atoms with E-state index in [9.17, 15) is 9.59 Å². The molecule has 0 heterocycles. The molecule has 0 aliphatic heterocycles. The van der Waals surface area contributed by atoms with E-state index in [0.29, 0.717) is 11.5 Å². The molecule has 2 bridgehead atoms. The number of fused-ring (bicyclic) bond motifs is 2. The summed E-state index contributed by atoms with van der Waals surface area (Å²) in [5, 5.41) is 0. The van der Waals surface area contributed by atoms with Gasteiger partial charge in [-0.05, 0) is 55.4 Å². The Labute approximate surface area is 158 Å². The molecule has 4 nitrogen and oxygen atoms in total. The van der Waals surface area contributed by atoms with Gasteiger partial charge >= 0.3 is 11.9 Å². The van der Waals surface area contributed by atoms with E-state index in [1.54, 1.807) is 12.1 Å². The Bertz CT molecular complexity index is 841. The average Bonchev–Trinajstić information content (AvgIpc) is 3.27. The molecule has 0 N–H and O–H groups in total. The van der Waals surface area contributed by atoms with Crippen LogP contribution in [0, 0.1) is 37.5 Å². The van der Waals surface area contributed by atoms with E-state index in [1.807, 2.05) is 62.4 Å². The van der Waals surface area contributed by atoms with Crippen LogP contribution in [0.2, 0.25) is 0 Å². The van der Waals surface area contributed by atoms with Gasteiger partial charge in [0.1, 0.15) is 11.5 Å². The number of carbonyl (C=O) groups excluding carboxylic acids is 2. The van der Waals surface area contributed by atoms with Crippen LogP contribution < -0.4 is 9.47 Å². The van der Waals surface area contributed by atoms with E-state index in [-0.39, 0.29) is 23.8 Å². The van der Waals surface area contributed by atoms with Crippen molar-refractivity contribution in [3.63, 3.8) is 0 Å². The predicted octanol–water partition coefficient (Wildman–Crippen LogP) is 4.25. The van der Waals surface area contributed by atoms with Crippen LogP contribution in [-0.4, -0.2) is 11.9 Å². The first-order chi connectivity index (χ1) is 13.0. The molecule has 4 unspecified atom stereocenters. The summed E-state index contributed by atoms with van der Waals surface area (Å²) in [6.07, 6.45) is 4.86. The highest BCUT2D eigenvalue weighted by atomic mass is 16.5. The predicted molar refractivity (Wildman–Crippen MR) is 101 cm³/mol. The van der Waals surface area contributed by atoms with Crippen LogP contribution in [0.5, 0.6) is 11.5 Å². The van der Waals surface area contributed by atoms with E-state index in [1.165, 1.54) is 0 Å². The highest BCUT2D eigenvalue weighted by Crippen LogP contribution is 2.49. The summed E-state index contributed by atoms with van der Waals surface area (Å²) in [4.78, 5) is 25.9. The average molecular weight is 362 g/mol. The Morgan fingerprint density at radius 2 is 1.15 bits per heavy atom. The summed E-state index contributed by atoms with van der Waals surface area (Å²) in [5.74, 6) is -0.574. The lowest BCUT2D eigenvalue weighted by Crippen LogP contribution is -2.37. The molecule has 2 aromatic carbocycles. The molecule has 0 amide bonds. The van der Waals surface area contributed by atoms with Gasteiger partial charge in [-0.2, -0.15) is 0 Å². The number of rotatable bonds is 4. The van der Waals surface area contributed by atoms with Crippen molar-refractivity contribution in [2.75, 3.05) is 0 Å². The van der Waals surface area contributed by atoms with Crippen molar-refractivity contribution in [2.45, 2.75) is 20.3 Å². The van der Waals surface area contributed by atoms with Crippen molar-refractivity contribution in [2.24, 2.45) is 23.7 Å². The zero-order valence-electron chi connectivity index (χ0n) is 15.4. The number of esters is 2. The van der Waals surface area contributed by atoms with E-state index >= 15 is 0 Å². The molecule has 4 atom stereocenters. The molecule has 2 aromatic rings. The van der Waals surface area contributed by atoms with Gasteiger partial charge in [0.2, 0.25) is 0 Å². The third-order valence-electron chi connectivity index (χ3n) is 5.61. The Balaban J connectivity index is 1.55. The molecule has 4 heteroatoms. The number of benzene rings is 2. The van der Waals surface area contributed by atoms with Crippen LogP contribution in [0.4, 0.5) is 0 Å². The highest BCUT2D eigenvalue weighted by Gasteiger charge is 2.53. The van der Waals surface area contributed by atoms with Crippen LogP contribution in [0.25, 0.3) is 0 Å². The minimum absolute atomic E-state index is 0.0286. The van der Waals surface area contributed by atoms with Crippen molar-refractivity contribution < 1.29 is 19.1 Å². The van der Waals surface area contributed by atoms with Crippen LogP contribution in [0.1, 0.15) is 17.5 Å². The molecule has 2 aliphatic carbocycles. The zero-order chi connectivity index (χ0) is 19.0. The molecule has 0 saturated heterocycles. The smallest absolute Gasteiger partial charge is 0.315 e. The minimum Gasteiger partial charge on any atom is -0.426 e. The Morgan fingerprint density at radius 3 is 1.56 bits per heavy atom. The standard InChI is InChI=1S/C23H22O4/c1-14-7-3-5-9-18(14)26-22(24)20-16-11-12-17(13-16)21(20)23(25)27-19-10-6-4-8-15(19)2/h3-12,16-17,20-21H,13H2,1-2H3. The minimum atomic E-state index is -0.504. The Kier molecular flexibility index (Phi) is 4.56. The Morgan fingerprint density at radius 1 is 0.741 bits per heavy atom. The molecule has 2 aliphatic rings. The summed E-state index contributed by atoms with van der Waals surface area (Å²) in [6.45, 7) is 3.79. The molecule has 1 fully saturated rings. The number of hydrogen-bond acceptors (Lipinski definition) is 4. The fourth-order valence-corrected chi connectivity index (χ4v) is 4.16. The molecule has 0 aromatic heterocycles. The normalized spacial score (nSPS) is 25.4. The number of carbonyl (C=O) groups is 2. The first kappa shape index (κ1) is 17.5. The second kappa shape index (κ2) is 7.03. The van der Waals surface area contributed by atoms with Gasteiger partial charge in [0, 0.05) is 0 Å². The molecular formula is C23H22O4. The van der Waals surface area contributed by atoms with Crippen LogP contribution in [0.3, 0.4) is 0 Å². The van der Waals surface area contributed by atoms with Crippen molar-refractivity contribution in [3.05, 3.63) is 71.8 Å². The lowest BCUT2D eigenvalue weighted by atomic mass is 9.83. The summed E-state index contributed by atoms with van der Waals surface area (Å²) >= 11 is 0. The number of para-hydroxylation sites is 2. The van der Waals surface area contributed by atoms with Crippen LogP contribution >= 0.6 is 0 Å². The maximum absolute atomic E-state index is 12.9. The lowest BCUT2D eigenvalue weighted by Gasteiger charge is -2.25. The van der Waals surface area contributed by atoms with Gasteiger partial charge in [0.15, 0.2) is 0 Å². The molecule has 138 valence electrons. The maximum Gasteiger partial charge on any atom is 0.315 e. The molecular weight excluding hydrogens is 340 g/mol. The molecule has 27 heavy (non-hydrogen) atoms. The monoisotopic (exact) mass is 362 g/mol. The topological polar surface area (TPSA) is 52.6 Å². The molecule has 1 saturated carbocycles. The van der Waals surface area contributed by atoms with Crippen molar-refractivity contribution >= 4 is 11.9 Å². The summed E-state index contributed by atoms with van der Waals surface area (Å²) in [5.41, 5.74) is 1.78. The Hall–Kier alpha value is -2.88. The van der Waals surface area contributed by atoms with E-state index < -0.39 is 11.8 Å². The molecule has 0 spiro atoms. The van der Waals surface area contributed by atoms with E-state index in [2.05, 4.69) is 0 Å². The van der Waals surface area contributed by atoms with Crippen LogP contribution in [-0.2, 0) is 9.59 Å². The van der Waals surface area contributed by atoms with Gasteiger partial charge in [0.05, 0.1) is 11.8 Å². The molecule has 4 rings (SSSR count). The van der Waals surface area contributed by atoms with Gasteiger partial charge < -0.3 is 9.47 Å². The SMILES string of the molecule is Cc1ccccc1OC(=O)C1C2C=CC(C2)C1C(=O)Oc1ccccc1C. The third kappa shape index (κ3) is 3.27. The maximum atomic E-state index is 12.9. The van der Waals surface area contributed by atoms with Gasteiger partial charge in [-0.15, -0.1) is 0 Å². The zero-order valence-corrected chi connectivity index (χ0v) is 15.4. The third-order valence-corrected chi connectivity index (χ3v) is 5.61. The lowest BCUT2D eigenvalue weighted by molar-refractivity contribution is -0.151. The number of aryl methyl sites for hydroxylation is 2. The van der Waals surface area contributed by atoms with Crippen molar-refractivity contribution in [1.29, 1.82) is 0 Å². The van der Waals surface area contributed by atoms with Crippen molar-refractivity contribution in [1.82, 2.24) is 0 Å². The highest BCUT2D eigenvalue weighted by molar-refractivity contribution is 5.86. The first-order valence-electron chi connectivity index (χ1n) is 9.27. The van der Waals surface area contributed by atoms with Gasteiger partial charge in [-0.25, -0.2) is 0 Å². The number of allylic oxidation sites excluding steroid dienone is 2. The second-order valence-corrected chi connectivity index (χ2v) is 7.37. The second-order valence-electron chi connectivity index (χ2n) is 7.37. The largest absolute Gasteiger partial charge is 0.426 e. The van der Waals surface area contributed by atoms with E-state index in [4.69, 9.17) is 9.47 Å². The number of ether oxygens (including phenoxy) is 2. The van der Waals surface area contributed by atoms with Gasteiger partial charge in [-0.3, -0.25) is 9.59 Å². The van der Waals surface area contributed by atoms with Crippen molar-refractivity contribution in [3.8, 4) is 11.5 Å². The first-order valence-corrected chi connectivity index (χ1v) is 9.27. The van der Waals surface area contributed by atoms with Gasteiger partial charge in [-0.1, -0.05) is 48.6 Å².